The molecule has 1 N–H and O–H groups in total. The number of hydrogen-bond acceptors (Lipinski definition) is 8. The van der Waals surface area contributed by atoms with Gasteiger partial charge in [0.05, 0.1) is 29.1 Å². The highest BCUT2D eigenvalue weighted by atomic mass is 16.1. The lowest BCUT2D eigenvalue weighted by molar-refractivity contribution is -0.124. The fraction of sp³-hybridized carbons (Fsp3) is 0.294. The summed E-state index contributed by atoms with van der Waals surface area (Å²) >= 11 is 0. The minimum Gasteiger partial charge on any atom is -0.351 e. The van der Waals surface area contributed by atoms with Crippen molar-refractivity contribution in [3.63, 3.8) is 0 Å². The Bertz CT molecular complexity index is 1740. The molecule has 1 amide bonds. The summed E-state index contributed by atoms with van der Waals surface area (Å²) in [6, 6.07) is 16.2. The topological polar surface area (TPSA) is 135 Å². The molecule has 6 rings (SSSR count). The number of aromatic nitrogens is 7. The molecule has 10 nitrogen and oxygen atoms in total. The van der Waals surface area contributed by atoms with E-state index >= 15 is 0 Å². The number of nitrogens with zero attached hydrogens (tertiary/aromatic N) is 8. The second-order valence-corrected chi connectivity index (χ2v) is 11.3. The van der Waals surface area contributed by atoms with Gasteiger partial charge in [-0.2, -0.15) is 10.4 Å². The molecule has 5 aromatic rings. The van der Waals surface area contributed by atoms with Gasteiger partial charge < -0.3 is 5.32 Å². The van der Waals surface area contributed by atoms with Gasteiger partial charge in [0.15, 0.2) is 0 Å². The Morgan fingerprint density at radius 1 is 0.955 bits per heavy atom. The molecule has 4 heterocycles. The molecule has 1 fully saturated rings. The number of benzene rings is 1. The van der Waals surface area contributed by atoms with E-state index in [4.69, 9.17) is 9.97 Å². The SMILES string of the molecule is Cn1cc(-c2ccc(C(C(=O)NCc3ccccc3)[C@H]3CC[C@H](Cc4ncc(C#N)c(-c5cncnc5)n4)CC3)nc2)cn1. The molecule has 220 valence electrons. The van der Waals surface area contributed by atoms with Crippen LogP contribution in [0.3, 0.4) is 0 Å². The second kappa shape index (κ2) is 13.3. The standard InChI is InChI=1S/C34H33N9O/c1-43-21-29(20-41-43)26-11-12-30(38-18-26)32(34(44)40-15-24-5-3-2-4-6-24)25-9-7-23(8-10-25)13-31-39-19-27(14-35)33(42-31)28-16-36-22-37-17-28/h2-6,11-12,16-23,25,32H,7-10,13,15H2,1H3,(H,40,44)/t23-,25-,32?. The van der Waals surface area contributed by atoms with Crippen LogP contribution >= 0.6 is 0 Å². The number of rotatable bonds is 9. The minimum absolute atomic E-state index is 0.00378. The Morgan fingerprint density at radius 2 is 1.75 bits per heavy atom. The van der Waals surface area contributed by atoms with Gasteiger partial charge in [0.2, 0.25) is 5.91 Å². The van der Waals surface area contributed by atoms with Crippen LogP contribution < -0.4 is 5.32 Å². The second-order valence-electron chi connectivity index (χ2n) is 11.3. The molecule has 1 aliphatic carbocycles. The highest BCUT2D eigenvalue weighted by Gasteiger charge is 2.34. The van der Waals surface area contributed by atoms with E-state index in [-0.39, 0.29) is 17.7 Å². The van der Waals surface area contributed by atoms with Crippen LogP contribution in [0.25, 0.3) is 22.4 Å². The summed E-state index contributed by atoms with van der Waals surface area (Å²) in [7, 11) is 1.89. The smallest absolute Gasteiger partial charge is 0.229 e. The normalized spacial score (nSPS) is 17.0. The quantitative estimate of drug-likeness (QED) is 0.255. The van der Waals surface area contributed by atoms with Crippen LogP contribution in [0.5, 0.6) is 0 Å². The number of hydrogen-bond donors (Lipinski definition) is 1. The number of nitriles is 1. The number of nitrogens with one attached hydrogen (secondary N) is 1. The maximum absolute atomic E-state index is 13.8. The third kappa shape index (κ3) is 6.68. The lowest BCUT2D eigenvalue weighted by Gasteiger charge is -2.33. The Balaban J connectivity index is 1.17. The third-order valence-corrected chi connectivity index (χ3v) is 8.36. The van der Waals surface area contributed by atoms with Gasteiger partial charge in [-0.3, -0.25) is 14.5 Å². The average molecular weight is 584 g/mol. The molecule has 1 saturated carbocycles. The zero-order valence-electron chi connectivity index (χ0n) is 24.5. The van der Waals surface area contributed by atoms with Gasteiger partial charge >= 0.3 is 0 Å². The minimum atomic E-state index is -0.349. The van der Waals surface area contributed by atoms with E-state index < -0.39 is 0 Å². The van der Waals surface area contributed by atoms with Crippen LogP contribution in [-0.2, 0) is 24.8 Å². The van der Waals surface area contributed by atoms with Crippen LogP contribution in [0.1, 0.15) is 54.2 Å². The third-order valence-electron chi connectivity index (χ3n) is 8.36. The largest absolute Gasteiger partial charge is 0.351 e. The Hall–Kier alpha value is -5.30. The van der Waals surface area contributed by atoms with E-state index in [1.54, 1.807) is 23.3 Å². The molecule has 0 spiro atoms. The van der Waals surface area contributed by atoms with Crippen molar-refractivity contribution in [3.05, 3.63) is 109 Å². The fourth-order valence-corrected chi connectivity index (χ4v) is 6.04. The van der Waals surface area contributed by atoms with Gasteiger partial charge in [-0.1, -0.05) is 36.4 Å². The molecule has 1 unspecified atom stereocenters. The number of amides is 1. The Kier molecular flexibility index (Phi) is 8.73. The van der Waals surface area contributed by atoms with Crippen LogP contribution in [0.2, 0.25) is 0 Å². The molecule has 4 aromatic heterocycles. The number of carbonyl (C=O) groups is 1. The van der Waals surface area contributed by atoms with Crippen molar-refractivity contribution in [1.29, 1.82) is 5.26 Å². The van der Waals surface area contributed by atoms with E-state index in [0.29, 0.717) is 41.5 Å². The summed E-state index contributed by atoms with van der Waals surface area (Å²) < 4.78 is 1.77. The first-order valence-electron chi connectivity index (χ1n) is 14.9. The van der Waals surface area contributed by atoms with Gasteiger partial charge in [-0.05, 0) is 49.1 Å². The fourth-order valence-electron chi connectivity index (χ4n) is 6.04. The first-order chi connectivity index (χ1) is 21.6. The lowest BCUT2D eigenvalue weighted by atomic mass is 9.73. The van der Waals surface area contributed by atoms with Crippen molar-refractivity contribution >= 4 is 5.91 Å². The molecule has 0 aliphatic heterocycles. The molecule has 10 heteroatoms. The van der Waals surface area contributed by atoms with Crippen molar-refractivity contribution in [2.24, 2.45) is 18.9 Å². The molecular weight excluding hydrogens is 550 g/mol. The van der Waals surface area contributed by atoms with Gasteiger partial charge in [-0.15, -0.1) is 0 Å². The molecule has 0 bridgehead atoms. The van der Waals surface area contributed by atoms with Crippen LogP contribution in [0, 0.1) is 23.2 Å². The summed E-state index contributed by atoms with van der Waals surface area (Å²) in [5.74, 6) is 0.907. The van der Waals surface area contributed by atoms with Gasteiger partial charge in [0.1, 0.15) is 18.2 Å². The molecule has 1 atom stereocenters. The lowest BCUT2D eigenvalue weighted by Crippen LogP contribution is -2.35. The van der Waals surface area contributed by atoms with Crippen molar-refractivity contribution in [2.45, 2.75) is 44.6 Å². The molecular formula is C34H33N9O. The zero-order chi connectivity index (χ0) is 30.3. The summed E-state index contributed by atoms with van der Waals surface area (Å²) in [5.41, 5.74) is 5.47. The Labute approximate surface area is 256 Å². The van der Waals surface area contributed by atoms with E-state index in [0.717, 1.165) is 48.1 Å². The van der Waals surface area contributed by atoms with Crippen molar-refractivity contribution < 1.29 is 4.79 Å². The predicted octanol–water partition coefficient (Wildman–Crippen LogP) is 5.05. The summed E-state index contributed by atoms with van der Waals surface area (Å²) in [4.78, 5) is 35.9. The molecule has 0 saturated heterocycles. The molecule has 1 aromatic carbocycles. The van der Waals surface area contributed by atoms with Gasteiger partial charge in [0.25, 0.3) is 0 Å². The highest BCUT2D eigenvalue weighted by Crippen LogP contribution is 2.39. The number of pyridine rings is 1. The highest BCUT2D eigenvalue weighted by molar-refractivity contribution is 5.83. The maximum atomic E-state index is 13.8. The first-order valence-corrected chi connectivity index (χ1v) is 14.9. The molecule has 0 radical (unpaired) electrons. The first kappa shape index (κ1) is 28.8. The van der Waals surface area contributed by atoms with E-state index in [1.165, 1.54) is 6.33 Å². The van der Waals surface area contributed by atoms with Crippen LogP contribution in [0.15, 0.2) is 86.0 Å². The number of aryl methyl sites for hydroxylation is 1. The summed E-state index contributed by atoms with van der Waals surface area (Å²) in [6.45, 7) is 0.476. The van der Waals surface area contributed by atoms with E-state index in [9.17, 15) is 10.1 Å². The van der Waals surface area contributed by atoms with Crippen molar-refractivity contribution in [3.8, 4) is 28.5 Å². The summed E-state index contributed by atoms with van der Waals surface area (Å²) in [6.07, 6.45) is 16.4. The monoisotopic (exact) mass is 583 g/mol. The van der Waals surface area contributed by atoms with Crippen LogP contribution in [0.4, 0.5) is 0 Å². The zero-order valence-corrected chi connectivity index (χ0v) is 24.5. The predicted molar refractivity (Wildman–Crippen MR) is 164 cm³/mol. The van der Waals surface area contributed by atoms with Crippen LogP contribution in [-0.4, -0.2) is 40.6 Å². The van der Waals surface area contributed by atoms with Gasteiger partial charge in [0, 0.05) is 67.7 Å². The molecule has 44 heavy (non-hydrogen) atoms. The Morgan fingerprint density at radius 3 is 2.43 bits per heavy atom. The maximum Gasteiger partial charge on any atom is 0.229 e. The summed E-state index contributed by atoms with van der Waals surface area (Å²) in [5, 5.41) is 17.0. The molecule has 1 aliphatic rings. The number of carbonyl (C=O) groups excluding carboxylic acids is 1. The van der Waals surface area contributed by atoms with Gasteiger partial charge in [-0.25, -0.2) is 19.9 Å². The average Bonchev–Trinajstić information content (AvgIpc) is 3.52. The van der Waals surface area contributed by atoms with E-state index in [1.807, 2.05) is 68.1 Å². The van der Waals surface area contributed by atoms with Crippen molar-refractivity contribution in [2.75, 3.05) is 0 Å². The van der Waals surface area contributed by atoms with Crippen molar-refractivity contribution in [1.82, 2.24) is 40.0 Å². The van der Waals surface area contributed by atoms with E-state index in [2.05, 4.69) is 31.4 Å².